The van der Waals surface area contributed by atoms with Gasteiger partial charge in [0.15, 0.2) is 0 Å². The van der Waals surface area contributed by atoms with Gasteiger partial charge in [-0.15, -0.1) is 0 Å². The molecule has 1 N–H and O–H groups in total. The SMILES string of the molecule is CN(CCC(=O)Nc1cccc2ccccc12)CC1CCCCN1C. The van der Waals surface area contributed by atoms with E-state index in [1.807, 2.05) is 24.3 Å². The van der Waals surface area contributed by atoms with Crippen LogP contribution in [-0.4, -0.2) is 55.5 Å². The molecular formula is C21H29N3O. The minimum atomic E-state index is 0.0835. The predicted molar refractivity (Wildman–Crippen MR) is 105 cm³/mol. The number of carbonyl (C=O) groups is 1. The van der Waals surface area contributed by atoms with Crippen LogP contribution in [0.25, 0.3) is 10.8 Å². The van der Waals surface area contributed by atoms with Crippen molar-refractivity contribution in [3.05, 3.63) is 42.5 Å². The fourth-order valence-electron chi connectivity index (χ4n) is 3.67. The van der Waals surface area contributed by atoms with E-state index >= 15 is 0 Å². The van der Waals surface area contributed by atoms with Gasteiger partial charge in [0.05, 0.1) is 0 Å². The molecule has 25 heavy (non-hydrogen) atoms. The molecule has 1 heterocycles. The maximum absolute atomic E-state index is 12.4. The third-order valence-corrected chi connectivity index (χ3v) is 5.23. The normalized spacial score (nSPS) is 18.6. The van der Waals surface area contributed by atoms with Gasteiger partial charge >= 0.3 is 0 Å². The van der Waals surface area contributed by atoms with Gasteiger partial charge in [-0.3, -0.25) is 4.79 Å². The Balaban J connectivity index is 1.50. The highest BCUT2D eigenvalue weighted by Gasteiger charge is 2.20. The second-order valence-corrected chi connectivity index (χ2v) is 7.22. The molecule has 134 valence electrons. The number of hydrogen-bond donors (Lipinski definition) is 1. The van der Waals surface area contributed by atoms with Crippen LogP contribution in [0.15, 0.2) is 42.5 Å². The molecule has 4 nitrogen and oxygen atoms in total. The molecule has 0 bridgehead atoms. The number of piperidine rings is 1. The van der Waals surface area contributed by atoms with Crippen LogP contribution in [0.3, 0.4) is 0 Å². The van der Waals surface area contributed by atoms with E-state index in [4.69, 9.17) is 0 Å². The fourth-order valence-corrected chi connectivity index (χ4v) is 3.67. The summed E-state index contributed by atoms with van der Waals surface area (Å²) in [7, 11) is 4.33. The number of rotatable bonds is 6. The van der Waals surface area contributed by atoms with Crippen molar-refractivity contribution in [2.24, 2.45) is 0 Å². The van der Waals surface area contributed by atoms with Crippen molar-refractivity contribution in [2.75, 3.05) is 39.0 Å². The zero-order valence-corrected chi connectivity index (χ0v) is 15.4. The maximum atomic E-state index is 12.4. The van der Waals surface area contributed by atoms with Crippen LogP contribution in [0.5, 0.6) is 0 Å². The molecule has 0 saturated carbocycles. The zero-order valence-electron chi connectivity index (χ0n) is 15.4. The first kappa shape index (κ1) is 17.9. The lowest BCUT2D eigenvalue weighted by molar-refractivity contribution is -0.116. The lowest BCUT2D eigenvalue weighted by Crippen LogP contribution is -2.44. The van der Waals surface area contributed by atoms with Crippen molar-refractivity contribution in [3.8, 4) is 0 Å². The van der Waals surface area contributed by atoms with Crippen molar-refractivity contribution in [2.45, 2.75) is 31.7 Å². The van der Waals surface area contributed by atoms with Crippen LogP contribution >= 0.6 is 0 Å². The van der Waals surface area contributed by atoms with Gasteiger partial charge in [0, 0.05) is 36.6 Å². The van der Waals surface area contributed by atoms with E-state index in [-0.39, 0.29) is 5.91 Å². The average molecular weight is 339 g/mol. The van der Waals surface area contributed by atoms with E-state index in [1.54, 1.807) is 0 Å². The van der Waals surface area contributed by atoms with Crippen molar-refractivity contribution in [1.29, 1.82) is 0 Å². The van der Waals surface area contributed by atoms with E-state index in [0.717, 1.165) is 29.5 Å². The van der Waals surface area contributed by atoms with Gasteiger partial charge < -0.3 is 15.1 Å². The fraction of sp³-hybridized carbons (Fsp3) is 0.476. The minimum absolute atomic E-state index is 0.0835. The number of anilines is 1. The van der Waals surface area contributed by atoms with Crippen LogP contribution in [0.4, 0.5) is 5.69 Å². The Morgan fingerprint density at radius 2 is 2.00 bits per heavy atom. The summed E-state index contributed by atoms with van der Waals surface area (Å²) in [5, 5.41) is 5.32. The van der Waals surface area contributed by atoms with Crippen LogP contribution in [0, 0.1) is 0 Å². The van der Waals surface area contributed by atoms with Crippen molar-refractivity contribution >= 4 is 22.4 Å². The number of hydrogen-bond acceptors (Lipinski definition) is 3. The third-order valence-electron chi connectivity index (χ3n) is 5.23. The molecule has 1 saturated heterocycles. The largest absolute Gasteiger partial charge is 0.325 e. The summed E-state index contributed by atoms with van der Waals surface area (Å²) < 4.78 is 0. The molecule has 1 atom stereocenters. The molecule has 2 aromatic rings. The molecule has 1 amide bonds. The second-order valence-electron chi connectivity index (χ2n) is 7.22. The Kier molecular flexibility index (Phi) is 6.05. The molecule has 0 radical (unpaired) electrons. The number of likely N-dealkylation sites (tertiary alicyclic amines) is 1. The molecule has 0 aliphatic carbocycles. The van der Waals surface area contributed by atoms with Gasteiger partial charge in [0.2, 0.25) is 5.91 Å². The van der Waals surface area contributed by atoms with Crippen molar-refractivity contribution in [1.82, 2.24) is 9.80 Å². The van der Waals surface area contributed by atoms with E-state index < -0.39 is 0 Å². The zero-order chi connectivity index (χ0) is 17.6. The molecule has 1 unspecified atom stereocenters. The Hall–Kier alpha value is -1.91. The molecule has 0 spiro atoms. The van der Waals surface area contributed by atoms with Gasteiger partial charge in [-0.05, 0) is 44.9 Å². The number of amides is 1. The monoisotopic (exact) mass is 339 g/mol. The van der Waals surface area contributed by atoms with Gasteiger partial charge in [0.25, 0.3) is 0 Å². The molecule has 0 aromatic heterocycles. The lowest BCUT2D eigenvalue weighted by atomic mass is 10.0. The smallest absolute Gasteiger partial charge is 0.225 e. The van der Waals surface area contributed by atoms with Crippen molar-refractivity contribution in [3.63, 3.8) is 0 Å². The summed E-state index contributed by atoms with van der Waals surface area (Å²) in [6.45, 7) is 3.03. The maximum Gasteiger partial charge on any atom is 0.225 e. The van der Waals surface area contributed by atoms with E-state index in [9.17, 15) is 4.79 Å². The first-order valence-electron chi connectivity index (χ1n) is 9.30. The second kappa shape index (κ2) is 8.45. The van der Waals surface area contributed by atoms with E-state index in [2.05, 4.69) is 47.4 Å². The van der Waals surface area contributed by atoms with Gasteiger partial charge in [-0.1, -0.05) is 42.8 Å². The molecule has 3 rings (SSSR count). The van der Waals surface area contributed by atoms with Gasteiger partial charge in [-0.25, -0.2) is 0 Å². The van der Waals surface area contributed by atoms with Crippen LogP contribution < -0.4 is 5.32 Å². The highest BCUT2D eigenvalue weighted by Crippen LogP contribution is 2.23. The minimum Gasteiger partial charge on any atom is -0.325 e. The number of likely N-dealkylation sites (N-methyl/N-ethyl adjacent to an activating group) is 2. The van der Waals surface area contributed by atoms with Crippen molar-refractivity contribution < 1.29 is 4.79 Å². The topological polar surface area (TPSA) is 35.6 Å². The summed E-state index contributed by atoms with van der Waals surface area (Å²) in [5.74, 6) is 0.0835. The Bertz CT molecular complexity index is 710. The first-order valence-corrected chi connectivity index (χ1v) is 9.30. The highest BCUT2D eigenvalue weighted by molar-refractivity contribution is 6.02. The molecular weight excluding hydrogens is 310 g/mol. The predicted octanol–water partition coefficient (Wildman–Crippen LogP) is 3.58. The van der Waals surface area contributed by atoms with Gasteiger partial charge in [-0.2, -0.15) is 0 Å². The molecule has 1 fully saturated rings. The summed E-state index contributed by atoms with van der Waals surface area (Å²) in [6.07, 6.45) is 4.42. The summed E-state index contributed by atoms with van der Waals surface area (Å²) in [6, 6.07) is 14.8. The summed E-state index contributed by atoms with van der Waals surface area (Å²) >= 11 is 0. The highest BCUT2D eigenvalue weighted by atomic mass is 16.1. The first-order chi connectivity index (χ1) is 12.1. The van der Waals surface area contributed by atoms with Gasteiger partial charge in [0.1, 0.15) is 0 Å². The van der Waals surface area contributed by atoms with Crippen LogP contribution in [0.2, 0.25) is 0 Å². The molecule has 4 heteroatoms. The Morgan fingerprint density at radius 1 is 1.20 bits per heavy atom. The number of nitrogens with one attached hydrogen (secondary N) is 1. The summed E-state index contributed by atoms with van der Waals surface area (Å²) in [5.41, 5.74) is 0.901. The van der Waals surface area contributed by atoms with E-state index in [0.29, 0.717) is 12.5 Å². The number of carbonyl (C=O) groups excluding carboxylic acids is 1. The van der Waals surface area contributed by atoms with Crippen LogP contribution in [0.1, 0.15) is 25.7 Å². The summed E-state index contributed by atoms with van der Waals surface area (Å²) in [4.78, 5) is 17.1. The molecule has 1 aliphatic rings. The molecule has 1 aliphatic heterocycles. The Labute approximate surface area is 150 Å². The Morgan fingerprint density at radius 3 is 2.84 bits per heavy atom. The average Bonchev–Trinajstić information content (AvgIpc) is 2.62. The quantitative estimate of drug-likeness (QED) is 0.874. The molecule has 2 aromatic carbocycles. The lowest BCUT2D eigenvalue weighted by Gasteiger charge is -2.35. The third kappa shape index (κ3) is 4.80. The number of fused-ring (bicyclic) bond motifs is 1. The van der Waals surface area contributed by atoms with Crippen LogP contribution in [-0.2, 0) is 4.79 Å². The number of benzene rings is 2. The van der Waals surface area contributed by atoms with E-state index in [1.165, 1.54) is 25.8 Å². The standard InChI is InChI=1S/C21H29N3O/c1-23(16-18-10-5-6-14-24(18)2)15-13-21(25)22-20-12-7-9-17-8-3-4-11-19(17)20/h3-4,7-9,11-12,18H,5-6,10,13-16H2,1-2H3,(H,22,25). The number of nitrogens with zero attached hydrogens (tertiary/aromatic N) is 2.